The van der Waals surface area contributed by atoms with Crippen molar-refractivity contribution in [3.8, 4) is 17.3 Å². The molecule has 1 fully saturated rings. The van der Waals surface area contributed by atoms with E-state index in [2.05, 4.69) is 43.5 Å². The van der Waals surface area contributed by atoms with Crippen molar-refractivity contribution in [1.29, 1.82) is 0 Å². The number of pyridine rings is 2. The molecule has 28 heavy (non-hydrogen) atoms. The number of piperidine rings is 1. The molecule has 0 aliphatic carbocycles. The summed E-state index contributed by atoms with van der Waals surface area (Å²) in [6.07, 6.45) is 8.03. The van der Waals surface area contributed by atoms with Gasteiger partial charge in [0.05, 0.1) is 12.8 Å². The number of aromatic nitrogens is 4. The number of aryl methyl sites for hydroxylation is 1. The smallest absolute Gasteiger partial charge is 0.213 e. The van der Waals surface area contributed by atoms with Crippen LogP contribution >= 0.6 is 0 Å². The van der Waals surface area contributed by atoms with Crippen molar-refractivity contribution in [2.45, 2.75) is 32.9 Å². The SMILES string of the molecule is COc1cccc(CN2CCC(Cn3c(C)cnc3-c3cccnc3)CC2)n1. The van der Waals surface area contributed by atoms with Crippen LogP contribution in [0.2, 0.25) is 0 Å². The first-order valence-corrected chi connectivity index (χ1v) is 9.87. The van der Waals surface area contributed by atoms with E-state index < -0.39 is 0 Å². The summed E-state index contributed by atoms with van der Waals surface area (Å²) in [5.41, 5.74) is 3.36. The summed E-state index contributed by atoms with van der Waals surface area (Å²) in [4.78, 5) is 15.9. The molecule has 0 atom stereocenters. The highest BCUT2D eigenvalue weighted by molar-refractivity contribution is 5.54. The van der Waals surface area contributed by atoms with Crippen LogP contribution in [0.4, 0.5) is 0 Å². The van der Waals surface area contributed by atoms with Crippen molar-refractivity contribution in [3.63, 3.8) is 0 Å². The molecule has 1 aliphatic heterocycles. The monoisotopic (exact) mass is 377 g/mol. The maximum absolute atomic E-state index is 5.24. The average Bonchev–Trinajstić information content (AvgIpc) is 3.10. The molecule has 3 aromatic rings. The molecule has 4 rings (SSSR count). The maximum Gasteiger partial charge on any atom is 0.213 e. The van der Waals surface area contributed by atoms with Crippen molar-refractivity contribution in [2.24, 2.45) is 5.92 Å². The first-order valence-electron chi connectivity index (χ1n) is 9.87. The van der Waals surface area contributed by atoms with Crippen molar-refractivity contribution in [3.05, 3.63) is 60.3 Å². The van der Waals surface area contributed by atoms with Crippen LogP contribution in [0.3, 0.4) is 0 Å². The third-order valence-corrected chi connectivity index (χ3v) is 5.50. The number of ether oxygens (including phenoxy) is 1. The molecular formula is C22H27N5O. The van der Waals surface area contributed by atoms with Crippen LogP contribution in [0.25, 0.3) is 11.4 Å². The third kappa shape index (κ3) is 4.22. The van der Waals surface area contributed by atoms with Crippen LogP contribution in [0, 0.1) is 12.8 Å². The zero-order valence-electron chi connectivity index (χ0n) is 16.6. The van der Waals surface area contributed by atoms with Gasteiger partial charge in [0, 0.05) is 49.0 Å². The van der Waals surface area contributed by atoms with Crippen LogP contribution in [-0.4, -0.2) is 44.6 Å². The zero-order valence-corrected chi connectivity index (χ0v) is 16.6. The van der Waals surface area contributed by atoms with E-state index in [9.17, 15) is 0 Å². The second-order valence-electron chi connectivity index (χ2n) is 7.47. The summed E-state index contributed by atoms with van der Waals surface area (Å²) in [5.74, 6) is 2.37. The van der Waals surface area contributed by atoms with Gasteiger partial charge in [-0.05, 0) is 57.0 Å². The lowest BCUT2D eigenvalue weighted by Gasteiger charge is -2.32. The first kappa shape index (κ1) is 18.6. The Morgan fingerprint density at radius 1 is 1.11 bits per heavy atom. The quantitative estimate of drug-likeness (QED) is 0.657. The van der Waals surface area contributed by atoms with Gasteiger partial charge in [-0.3, -0.25) is 9.88 Å². The van der Waals surface area contributed by atoms with E-state index in [1.165, 1.54) is 18.5 Å². The third-order valence-electron chi connectivity index (χ3n) is 5.50. The maximum atomic E-state index is 5.24. The Bertz CT molecular complexity index is 900. The lowest BCUT2D eigenvalue weighted by atomic mass is 9.96. The van der Waals surface area contributed by atoms with Gasteiger partial charge in [-0.1, -0.05) is 6.07 Å². The van der Waals surface area contributed by atoms with E-state index in [-0.39, 0.29) is 0 Å². The molecule has 0 saturated carbocycles. The predicted molar refractivity (Wildman–Crippen MR) is 109 cm³/mol. The summed E-state index contributed by atoms with van der Waals surface area (Å²) >= 11 is 0. The fraction of sp³-hybridized carbons (Fsp3) is 0.409. The molecule has 0 radical (unpaired) electrons. The molecule has 1 saturated heterocycles. The van der Waals surface area contributed by atoms with Crippen LogP contribution < -0.4 is 4.74 Å². The Morgan fingerprint density at radius 3 is 2.71 bits per heavy atom. The first-order chi connectivity index (χ1) is 13.7. The predicted octanol–water partition coefficient (Wildman–Crippen LogP) is 3.57. The lowest BCUT2D eigenvalue weighted by molar-refractivity contribution is 0.165. The molecule has 0 spiro atoms. The van der Waals surface area contributed by atoms with Gasteiger partial charge in [-0.2, -0.15) is 0 Å². The Morgan fingerprint density at radius 2 is 1.96 bits per heavy atom. The van der Waals surface area contributed by atoms with Gasteiger partial charge in [-0.25, -0.2) is 9.97 Å². The number of hydrogen-bond acceptors (Lipinski definition) is 5. The Hall–Kier alpha value is -2.73. The van der Waals surface area contributed by atoms with Gasteiger partial charge in [0.2, 0.25) is 5.88 Å². The Balaban J connectivity index is 1.37. The Kier molecular flexibility index (Phi) is 5.67. The molecule has 0 amide bonds. The summed E-state index contributed by atoms with van der Waals surface area (Å²) in [7, 11) is 1.66. The van der Waals surface area contributed by atoms with Crippen LogP contribution in [0.5, 0.6) is 5.88 Å². The number of hydrogen-bond donors (Lipinski definition) is 0. The minimum absolute atomic E-state index is 0.665. The molecule has 0 N–H and O–H groups in total. The summed E-state index contributed by atoms with van der Waals surface area (Å²) in [6.45, 7) is 6.23. The highest BCUT2D eigenvalue weighted by atomic mass is 16.5. The van der Waals surface area contributed by atoms with Crippen molar-refractivity contribution in [2.75, 3.05) is 20.2 Å². The van der Waals surface area contributed by atoms with Gasteiger partial charge in [0.15, 0.2) is 0 Å². The molecule has 0 bridgehead atoms. The number of methoxy groups -OCH3 is 1. The highest BCUT2D eigenvalue weighted by Gasteiger charge is 2.22. The molecular weight excluding hydrogens is 350 g/mol. The van der Waals surface area contributed by atoms with Crippen LogP contribution in [0.15, 0.2) is 48.9 Å². The second kappa shape index (κ2) is 8.52. The largest absolute Gasteiger partial charge is 0.481 e. The van der Waals surface area contributed by atoms with Gasteiger partial charge < -0.3 is 9.30 Å². The fourth-order valence-corrected chi connectivity index (χ4v) is 3.89. The van der Waals surface area contributed by atoms with Gasteiger partial charge in [-0.15, -0.1) is 0 Å². The van der Waals surface area contributed by atoms with Gasteiger partial charge >= 0.3 is 0 Å². The molecule has 1 aliphatic rings. The lowest BCUT2D eigenvalue weighted by Crippen LogP contribution is -2.35. The van der Waals surface area contributed by atoms with E-state index in [0.29, 0.717) is 11.8 Å². The average molecular weight is 377 g/mol. The fourth-order valence-electron chi connectivity index (χ4n) is 3.89. The van der Waals surface area contributed by atoms with E-state index in [4.69, 9.17) is 4.74 Å². The molecule has 0 aromatic carbocycles. The number of nitrogens with zero attached hydrogens (tertiary/aromatic N) is 5. The molecule has 4 heterocycles. The second-order valence-corrected chi connectivity index (χ2v) is 7.47. The van der Waals surface area contributed by atoms with E-state index >= 15 is 0 Å². The van der Waals surface area contributed by atoms with E-state index in [0.717, 1.165) is 43.3 Å². The highest BCUT2D eigenvalue weighted by Crippen LogP contribution is 2.25. The zero-order chi connectivity index (χ0) is 19.3. The molecule has 6 heteroatoms. The van der Waals surface area contributed by atoms with Gasteiger partial charge in [0.25, 0.3) is 0 Å². The standard InChI is InChI=1S/C22H27N5O/c1-17-13-24-22(19-5-4-10-23-14-19)27(17)15-18-8-11-26(12-9-18)16-20-6-3-7-21(25-20)28-2/h3-7,10,13-14,18H,8-9,11-12,15-16H2,1-2H3. The van der Waals surface area contributed by atoms with Crippen molar-refractivity contribution < 1.29 is 4.74 Å². The number of likely N-dealkylation sites (tertiary alicyclic amines) is 1. The minimum Gasteiger partial charge on any atom is -0.481 e. The normalized spacial score (nSPS) is 15.6. The topological polar surface area (TPSA) is 56.1 Å². The molecule has 0 unspecified atom stereocenters. The summed E-state index contributed by atoms with van der Waals surface area (Å²) in [6, 6.07) is 10.0. The van der Waals surface area contributed by atoms with Crippen molar-refractivity contribution in [1.82, 2.24) is 24.4 Å². The minimum atomic E-state index is 0.665. The molecule has 3 aromatic heterocycles. The van der Waals surface area contributed by atoms with Gasteiger partial charge in [0.1, 0.15) is 5.82 Å². The Labute approximate surface area is 166 Å². The number of imidazole rings is 1. The molecule has 6 nitrogen and oxygen atoms in total. The number of rotatable bonds is 6. The molecule has 146 valence electrons. The summed E-state index contributed by atoms with van der Waals surface area (Å²) < 4.78 is 7.58. The van der Waals surface area contributed by atoms with E-state index in [1.54, 1.807) is 13.3 Å². The van der Waals surface area contributed by atoms with Crippen LogP contribution in [0.1, 0.15) is 24.2 Å². The van der Waals surface area contributed by atoms with Crippen molar-refractivity contribution >= 4 is 0 Å². The summed E-state index contributed by atoms with van der Waals surface area (Å²) in [5, 5.41) is 0. The van der Waals surface area contributed by atoms with Crippen LogP contribution in [-0.2, 0) is 13.1 Å². The van der Waals surface area contributed by atoms with E-state index in [1.807, 2.05) is 30.6 Å².